The molecule has 0 heterocycles. The quantitative estimate of drug-likeness (QED) is 0.552. The van der Waals surface area contributed by atoms with Crippen LogP contribution in [-0.2, 0) is 4.74 Å². The summed E-state index contributed by atoms with van der Waals surface area (Å²) in [6, 6.07) is 0. The Morgan fingerprint density at radius 3 is 1.76 bits per heavy atom. The summed E-state index contributed by atoms with van der Waals surface area (Å²) in [5, 5.41) is 16.7. The summed E-state index contributed by atoms with van der Waals surface area (Å²) in [4.78, 5) is 0. The highest BCUT2D eigenvalue weighted by Crippen LogP contribution is 2.03. The van der Waals surface area contributed by atoms with E-state index in [0.717, 1.165) is 25.9 Å². The van der Waals surface area contributed by atoms with Crippen molar-refractivity contribution in [3.63, 3.8) is 0 Å². The Balaban J connectivity index is 0. The lowest BCUT2D eigenvalue weighted by Crippen LogP contribution is -1.99. The van der Waals surface area contributed by atoms with E-state index in [1.807, 2.05) is 0 Å². The second-order valence-electron chi connectivity index (χ2n) is 4.18. The molecule has 0 amide bonds. The molecule has 2 N–H and O–H groups in total. The summed E-state index contributed by atoms with van der Waals surface area (Å²) < 4.78 is 4.97. The zero-order valence-corrected chi connectivity index (χ0v) is 11.8. The molecule has 3 nitrogen and oxygen atoms in total. The molecule has 0 aliphatic heterocycles. The molecule has 0 aliphatic carbocycles. The summed E-state index contributed by atoms with van der Waals surface area (Å²) in [6.07, 6.45) is 9.75. The Morgan fingerprint density at radius 2 is 1.24 bits per heavy atom. The second kappa shape index (κ2) is 21.2. The SMILES string of the molecule is CCCCCCCCO.CCCCOCCO. The van der Waals surface area contributed by atoms with Crippen LogP contribution in [0.5, 0.6) is 0 Å². The van der Waals surface area contributed by atoms with Gasteiger partial charge in [0.1, 0.15) is 0 Å². The number of hydrogen-bond donors (Lipinski definition) is 2. The van der Waals surface area contributed by atoms with Crippen LogP contribution in [0.25, 0.3) is 0 Å². The van der Waals surface area contributed by atoms with Gasteiger partial charge in [0.2, 0.25) is 0 Å². The minimum Gasteiger partial charge on any atom is -0.396 e. The van der Waals surface area contributed by atoms with Gasteiger partial charge >= 0.3 is 0 Å². The maximum Gasteiger partial charge on any atom is 0.0697 e. The lowest BCUT2D eigenvalue weighted by atomic mass is 10.1. The van der Waals surface area contributed by atoms with Crippen LogP contribution in [0.1, 0.15) is 65.2 Å². The van der Waals surface area contributed by atoms with E-state index < -0.39 is 0 Å². The predicted molar refractivity (Wildman–Crippen MR) is 73.3 cm³/mol. The maximum atomic E-state index is 8.42. The number of hydrogen-bond acceptors (Lipinski definition) is 3. The van der Waals surface area contributed by atoms with Crippen LogP contribution in [0.2, 0.25) is 0 Å². The van der Waals surface area contributed by atoms with E-state index in [-0.39, 0.29) is 6.61 Å². The largest absolute Gasteiger partial charge is 0.396 e. The van der Waals surface area contributed by atoms with Crippen molar-refractivity contribution in [3.8, 4) is 0 Å². The highest BCUT2D eigenvalue weighted by Gasteiger charge is 1.86. The molecule has 0 spiro atoms. The number of aliphatic hydroxyl groups is 2. The molecule has 0 atom stereocenters. The Bertz CT molecular complexity index is 95.6. The molecular weight excluding hydrogens is 216 g/mol. The molecule has 0 unspecified atom stereocenters. The number of aliphatic hydroxyl groups excluding tert-OH is 2. The predicted octanol–water partition coefficient (Wildman–Crippen LogP) is 3.13. The average Bonchev–Trinajstić information content (AvgIpc) is 2.36. The van der Waals surface area contributed by atoms with Crippen molar-refractivity contribution in [2.45, 2.75) is 65.2 Å². The molecule has 106 valence electrons. The zero-order chi connectivity index (χ0) is 13.2. The van der Waals surface area contributed by atoms with Gasteiger partial charge in [-0.3, -0.25) is 0 Å². The van der Waals surface area contributed by atoms with E-state index >= 15 is 0 Å². The van der Waals surface area contributed by atoms with E-state index in [1.165, 1.54) is 32.1 Å². The van der Waals surface area contributed by atoms with E-state index in [2.05, 4.69) is 13.8 Å². The molecule has 3 heteroatoms. The molecule has 0 fully saturated rings. The fourth-order valence-electron chi connectivity index (χ4n) is 1.31. The monoisotopic (exact) mass is 248 g/mol. The molecule has 0 aromatic carbocycles. The van der Waals surface area contributed by atoms with Gasteiger partial charge < -0.3 is 14.9 Å². The molecule has 0 aliphatic rings. The lowest BCUT2D eigenvalue weighted by molar-refractivity contribution is 0.0904. The van der Waals surface area contributed by atoms with Crippen molar-refractivity contribution in [2.24, 2.45) is 0 Å². The van der Waals surface area contributed by atoms with Crippen molar-refractivity contribution >= 4 is 0 Å². The Morgan fingerprint density at radius 1 is 0.647 bits per heavy atom. The van der Waals surface area contributed by atoms with Gasteiger partial charge in [0.25, 0.3) is 0 Å². The van der Waals surface area contributed by atoms with Crippen molar-refractivity contribution in [3.05, 3.63) is 0 Å². The van der Waals surface area contributed by atoms with Gasteiger partial charge in [-0.1, -0.05) is 52.4 Å². The zero-order valence-electron chi connectivity index (χ0n) is 11.8. The van der Waals surface area contributed by atoms with E-state index in [4.69, 9.17) is 14.9 Å². The lowest BCUT2D eigenvalue weighted by Gasteiger charge is -1.97. The van der Waals surface area contributed by atoms with Crippen molar-refractivity contribution in [1.29, 1.82) is 0 Å². The van der Waals surface area contributed by atoms with Gasteiger partial charge in [0.15, 0.2) is 0 Å². The first kappa shape index (κ1) is 19.2. The summed E-state index contributed by atoms with van der Waals surface area (Å²) >= 11 is 0. The molecule has 0 aromatic heterocycles. The smallest absolute Gasteiger partial charge is 0.0697 e. The molecule has 0 saturated heterocycles. The molecule has 0 rings (SSSR count). The molecule has 17 heavy (non-hydrogen) atoms. The number of rotatable bonds is 11. The minimum atomic E-state index is 0.143. The van der Waals surface area contributed by atoms with Gasteiger partial charge in [-0.05, 0) is 12.8 Å². The summed E-state index contributed by atoms with van der Waals surface area (Å²) in [6.45, 7) is 6.11. The standard InChI is InChI=1S/C8H18O.C6H14O2/c1-2-3-4-5-6-7-8-9;1-2-3-5-8-6-4-7/h9H,2-8H2,1H3;7H,2-6H2,1H3. The molecule has 0 saturated carbocycles. The number of ether oxygens (including phenoxy) is 1. The molecule has 0 bridgehead atoms. The van der Waals surface area contributed by atoms with Crippen LogP contribution in [0.3, 0.4) is 0 Å². The van der Waals surface area contributed by atoms with Crippen LogP contribution in [0.4, 0.5) is 0 Å². The molecule has 0 radical (unpaired) electrons. The van der Waals surface area contributed by atoms with Gasteiger partial charge in [-0.2, -0.15) is 0 Å². The van der Waals surface area contributed by atoms with Gasteiger partial charge in [0.05, 0.1) is 13.2 Å². The highest BCUT2D eigenvalue weighted by atomic mass is 16.5. The average molecular weight is 248 g/mol. The third kappa shape index (κ3) is 25.8. The van der Waals surface area contributed by atoms with Gasteiger partial charge in [-0.25, -0.2) is 0 Å². The second-order valence-corrected chi connectivity index (χ2v) is 4.18. The summed E-state index contributed by atoms with van der Waals surface area (Å²) in [7, 11) is 0. The Hall–Kier alpha value is -0.120. The highest BCUT2D eigenvalue weighted by molar-refractivity contribution is 4.41. The van der Waals surface area contributed by atoms with Crippen LogP contribution >= 0.6 is 0 Å². The van der Waals surface area contributed by atoms with E-state index in [0.29, 0.717) is 13.2 Å². The molecular formula is C14H32O3. The van der Waals surface area contributed by atoms with Gasteiger partial charge in [0, 0.05) is 13.2 Å². The van der Waals surface area contributed by atoms with Gasteiger partial charge in [-0.15, -0.1) is 0 Å². The summed E-state index contributed by atoms with van der Waals surface area (Å²) in [5.41, 5.74) is 0. The van der Waals surface area contributed by atoms with Crippen LogP contribution in [0, 0.1) is 0 Å². The third-order valence-electron chi connectivity index (χ3n) is 2.39. The van der Waals surface area contributed by atoms with Crippen LogP contribution < -0.4 is 0 Å². The third-order valence-corrected chi connectivity index (χ3v) is 2.39. The minimum absolute atomic E-state index is 0.143. The van der Waals surface area contributed by atoms with Crippen LogP contribution in [0.15, 0.2) is 0 Å². The first-order chi connectivity index (χ1) is 8.33. The number of unbranched alkanes of at least 4 members (excludes halogenated alkanes) is 6. The Kier molecular flexibility index (Phi) is 24.0. The summed E-state index contributed by atoms with van der Waals surface area (Å²) in [5.74, 6) is 0. The Labute approximate surface area is 107 Å². The van der Waals surface area contributed by atoms with Crippen molar-refractivity contribution in [1.82, 2.24) is 0 Å². The fraction of sp³-hybridized carbons (Fsp3) is 1.00. The first-order valence-corrected chi connectivity index (χ1v) is 7.12. The normalized spacial score (nSPS) is 9.88. The van der Waals surface area contributed by atoms with E-state index in [9.17, 15) is 0 Å². The van der Waals surface area contributed by atoms with E-state index in [1.54, 1.807) is 0 Å². The fourth-order valence-corrected chi connectivity index (χ4v) is 1.31. The molecule has 0 aromatic rings. The van der Waals surface area contributed by atoms with Crippen molar-refractivity contribution < 1.29 is 14.9 Å². The first-order valence-electron chi connectivity index (χ1n) is 7.12. The topological polar surface area (TPSA) is 49.7 Å². The maximum absolute atomic E-state index is 8.42. The van der Waals surface area contributed by atoms with Crippen LogP contribution in [-0.4, -0.2) is 36.6 Å². The van der Waals surface area contributed by atoms with Crippen molar-refractivity contribution in [2.75, 3.05) is 26.4 Å².